The number of benzene rings is 3. The number of methoxy groups -OCH3 is 1. The van der Waals surface area contributed by atoms with Crippen molar-refractivity contribution in [1.29, 1.82) is 0 Å². The van der Waals surface area contributed by atoms with Gasteiger partial charge in [0.15, 0.2) is 0 Å². The van der Waals surface area contributed by atoms with Gasteiger partial charge in [-0.1, -0.05) is 81.8 Å². The van der Waals surface area contributed by atoms with E-state index in [1.165, 1.54) is 0 Å². The summed E-state index contributed by atoms with van der Waals surface area (Å²) >= 11 is 0. The predicted molar refractivity (Wildman–Crippen MR) is 134 cm³/mol. The van der Waals surface area contributed by atoms with Crippen molar-refractivity contribution in [2.75, 3.05) is 17.3 Å². The number of amides is 2. The van der Waals surface area contributed by atoms with Gasteiger partial charge in [0.05, 0.1) is 13.7 Å². The molecule has 4 nitrogen and oxygen atoms in total. The van der Waals surface area contributed by atoms with E-state index in [0.717, 1.165) is 39.4 Å². The Morgan fingerprint density at radius 3 is 2.03 bits per heavy atom. The van der Waals surface area contributed by atoms with Crippen molar-refractivity contribution in [3.8, 4) is 5.75 Å². The van der Waals surface area contributed by atoms with E-state index < -0.39 is 0 Å². The van der Waals surface area contributed by atoms with Crippen LogP contribution in [0.3, 0.4) is 0 Å². The molecule has 32 heavy (non-hydrogen) atoms. The molecule has 0 aliphatic heterocycles. The van der Waals surface area contributed by atoms with Gasteiger partial charge in [0.25, 0.3) is 0 Å². The number of carbonyl (C=O) groups is 1. The van der Waals surface area contributed by atoms with Crippen LogP contribution in [0.2, 0.25) is 0 Å². The number of aryl methyl sites for hydroxylation is 1. The molecule has 0 unspecified atom stereocenters. The van der Waals surface area contributed by atoms with Gasteiger partial charge in [-0.05, 0) is 48.1 Å². The molecule has 3 aromatic rings. The van der Waals surface area contributed by atoms with E-state index >= 15 is 0 Å². The van der Waals surface area contributed by atoms with Crippen LogP contribution in [0.1, 0.15) is 61.8 Å². The number of anilines is 2. The summed E-state index contributed by atoms with van der Waals surface area (Å²) in [5.41, 5.74) is 6.15. The van der Waals surface area contributed by atoms with Gasteiger partial charge in [-0.15, -0.1) is 0 Å². The Hall–Kier alpha value is -3.27. The molecule has 0 saturated carbocycles. The lowest BCUT2D eigenvalue weighted by atomic mass is 9.93. The van der Waals surface area contributed by atoms with E-state index in [4.69, 9.17) is 4.74 Å². The smallest absolute Gasteiger partial charge is 0.326 e. The molecule has 168 valence electrons. The second-order valence-electron chi connectivity index (χ2n) is 8.78. The summed E-state index contributed by atoms with van der Waals surface area (Å²) in [5, 5.41) is 3.26. The number of ether oxygens (including phenoxy) is 1. The Kier molecular flexibility index (Phi) is 7.57. The zero-order chi connectivity index (χ0) is 23.3. The van der Waals surface area contributed by atoms with Crippen LogP contribution in [-0.2, 0) is 6.54 Å². The average molecular weight is 431 g/mol. The Morgan fingerprint density at radius 2 is 1.47 bits per heavy atom. The molecule has 3 rings (SSSR count). The molecule has 0 fully saturated rings. The van der Waals surface area contributed by atoms with Crippen LogP contribution < -0.4 is 15.0 Å². The first-order chi connectivity index (χ1) is 15.3. The Morgan fingerprint density at radius 1 is 0.875 bits per heavy atom. The average Bonchev–Trinajstić information content (AvgIpc) is 2.78. The molecular weight excluding hydrogens is 396 g/mol. The topological polar surface area (TPSA) is 41.6 Å². The number of rotatable bonds is 7. The molecule has 0 heterocycles. The van der Waals surface area contributed by atoms with Gasteiger partial charge in [-0.25, -0.2) is 4.79 Å². The van der Waals surface area contributed by atoms with Crippen molar-refractivity contribution in [3.05, 3.63) is 89.0 Å². The third-order valence-electron chi connectivity index (χ3n) is 5.72. The van der Waals surface area contributed by atoms with Gasteiger partial charge < -0.3 is 10.1 Å². The van der Waals surface area contributed by atoms with Gasteiger partial charge in [-0.3, -0.25) is 4.90 Å². The maximum absolute atomic E-state index is 13.7. The lowest BCUT2D eigenvalue weighted by Crippen LogP contribution is -2.35. The normalized spacial score (nSPS) is 11.0. The highest BCUT2D eigenvalue weighted by Crippen LogP contribution is 2.33. The molecule has 1 N–H and O–H groups in total. The SMILES string of the molecule is COc1ccccc1CN(C(=O)Nc1c(C(C)C)cccc1C(C)C)c1ccc(C)cc1. The predicted octanol–water partition coefficient (Wildman–Crippen LogP) is 7.49. The highest BCUT2D eigenvalue weighted by Gasteiger charge is 2.22. The van der Waals surface area contributed by atoms with Crippen LogP contribution in [-0.4, -0.2) is 13.1 Å². The maximum Gasteiger partial charge on any atom is 0.326 e. The van der Waals surface area contributed by atoms with Crippen LogP contribution in [0, 0.1) is 6.92 Å². The zero-order valence-corrected chi connectivity index (χ0v) is 20.0. The monoisotopic (exact) mass is 430 g/mol. The van der Waals surface area contributed by atoms with Crippen molar-refractivity contribution in [3.63, 3.8) is 0 Å². The number of hydrogen-bond acceptors (Lipinski definition) is 2. The van der Waals surface area contributed by atoms with Crippen LogP contribution in [0.5, 0.6) is 5.75 Å². The van der Waals surface area contributed by atoms with E-state index in [0.29, 0.717) is 18.4 Å². The number of carbonyl (C=O) groups excluding carboxylic acids is 1. The first kappa shape index (κ1) is 23.4. The van der Waals surface area contributed by atoms with Crippen molar-refractivity contribution >= 4 is 17.4 Å². The fraction of sp³-hybridized carbons (Fsp3) is 0.321. The fourth-order valence-electron chi connectivity index (χ4n) is 3.88. The largest absolute Gasteiger partial charge is 0.496 e. The minimum Gasteiger partial charge on any atom is -0.496 e. The Bertz CT molecular complexity index is 1030. The molecule has 0 aromatic heterocycles. The second kappa shape index (κ2) is 10.4. The van der Waals surface area contributed by atoms with Gasteiger partial charge in [0.1, 0.15) is 5.75 Å². The summed E-state index contributed by atoms with van der Waals surface area (Å²) in [6.07, 6.45) is 0. The Labute approximate surface area is 192 Å². The fourth-order valence-corrected chi connectivity index (χ4v) is 3.88. The third kappa shape index (κ3) is 5.31. The van der Waals surface area contributed by atoms with Gasteiger partial charge in [-0.2, -0.15) is 0 Å². The molecule has 0 bridgehead atoms. The minimum absolute atomic E-state index is 0.158. The molecule has 0 atom stereocenters. The molecule has 0 aliphatic rings. The summed E-state index contributed by atoms with van der Waals surface area (Å²) in [4.78, 5) is 15.5. The molecule has 0 aliphatic carbocycles. The highest BCUT2D eigenvalue weighted by atomic mass is 16.5. The van der Waals surface area contributed by atoms with Crippen molar-refractivity contribution < 1.29 is 9.53 Å². The molecule has 0 radical (unpaired) electrons. The summed E-state index contributed by atoms with van der Waals surface area (Å²) in [5.74, 6) is 1.36. The molecular formula is C28H34N2O2. The minimum atomic E-state index is -0.158. The van der Waals surface area contributed by atoms with E-state index in [9.17, 15) is 4.79 Å². The Balaban J connectivity index is 2.02. The molecule has 0 spiro atoms. The summed E-state index contributed by atoms with van der Waals surface area (Å²) < 4.78 is 5.54. The molecule has 2 amide bonds. The first-order valence-electron chi connectivity index (χ1n) is 11.2. The number of nitrogens with one attached hydrogen (secondary N) is 1. The van der Waals surface area contributed by atoms with Crippen molar-refractivity contribution in [1.82, 2.24) is 0 Å². The van der Waals surface area contributed by atoms with Crippen LogP contribution in [0.15, 0.2) is 66.7 Å². The van der Waals surface area contributed by atoms with E-state index in [1.807, 2.05) is 55.5 Å². The summed E-state index contributed by atoms with van der Waals surface area (Å²) in [6, 6.07) is 22.0. The standard InChI is InChI=1S/C28H34N2O2/c1-19(2)24-11-9-12-25(20(3)4)27(24)29-28(31)30(23-16-14-21(5)15-17-23)18-22-10-7-8-13-26(22)32-6/h7-17,19-20H,18H2,1-6H3,(H,29,31). The molecule has 0 saturated heterocycles. The molecule has 3 aromatic carbocycles. The van der Waals surface area contributed by atoms with Crippen LogP contribution in [0.4, 0.5) is 16.2 Å². The number of nitrogens with zero attached hydrogens (tertiary/aromatic N) is 1. The molecule has 4 heteroatoms. The van der Waals surface area contributed by atoms with Gasteiger partial charge >= 0.3 is 6.03 Å². The van der Waals surface area contributed by atoms with Crippen LogP contribution >= 0.6 is 0 Å². The number of urea groups is 1. The quantitative estimate of drug-likeness (QED) is 0.422. The number of para-hydroxylation sites is 2. The number of hydrogen-bond donors (Lipinski definition) is 1. The second-order valence-corrected chi connectivity index (χ2v) is 8.78. The van der Waals surface area contributed by atoms with Gasteiger partial charge in [0.2, 0.25) is 0 Å². The maximum atomic E-state index is 13.7. The lowest BCUT2D eigenvalue weighted by molar-refractivity contribution is 0.256. The first-order valence-corrected chi connectivity index (χ1v) is 11.2. The van der Waals surface area contributed by atoms with E-state index in [1.54, 1.807) is 12.0 Å². The van der Waals surface area contributed by atoms with Crippen molar-refractivity contribution in [2.45, 2.75) is 53.0 Å². The van der Waals surface area contributed by atoms with E-state index in [-0.39, 0.29) is 6.03 Å². The third-order valence-corrected chi connectivity index (χ3v) is 5.72. The van der Waals surface area contributed by atoms with Crippen LogP contribution in [0.25, 0.3) is 0 Å². The summed E-state index contributed by atoms with van der Waals surface area (Å²) in [6.45, 7) is 11.1. The van der Waals surface area contributed by atoms with Gasteiger partial charge in [0, 0.05) is 16.9 Å². The lowest BCUT2D eigenvalue weighted by Gasteiger charge is -2.27. The summed E-state index contributed by atoms with van der Waals surface area (Å²) in [7, 11) is 1.66. The zero-order valence-electron chi connectivity index (χ0n) is 20.0. The van der Waals surface area contributed by atoms with Crippen molar-refractivity contribution in [2.24, 2.45) is 0 Å². The highest BCUT2D eigenvalue weighted by molar-refractivity contribution is 6.02. The van der Waals surface area contributed by atoms with E-state index in [2.05, 4.69) is 51.2 Å².